The van der Waals surface area contributed by atoms with Gasteiger partial charge in [0.1, 0.15) is 10.6 Å². The van der Waals surface area contributed by atoms with Gasteiger partial charge in [0.15, 0.2) is 6.54 Å². The van der Waals surface area contributed by atoms with E-state index in [0.717, 1.165) is 24.2 Å². The molecule has 2 N–H and O–H groups in total. The maximum absolute atomic E-state index is 12.7. The smallest absolute Gasteiger partial charge is 0.341 e. The fourth-order valence-electron chi connectivity index (χ4n) is 4.15. The zero-order valence-corrected chi connectivity index (χ0v) is 17.6. The minimum Gasteiger partial charge on any atom is -0.462 e. The summed E-state index contributed by atoms with van der Waals surface area (Å²) in [5.74, 6) is 0.815. The minimum absolute atomic E-state index is 0.0525. The van der Waals surface area contributed by atoms with E-state index in [0.29, 0.717) is 35.6 Å². The first-order valence-electron chi connectivity index (χ1n) is 9.95. The molecule has 150 valence electrons. The summed E-state index contributed by atoms with van der Waals surface area (Å²) in [6.07, 6.45) is 1.23. The first-order valence-corrected chi connectivity index (χ1v) is 10.8. The van der Waals surface area contributed by atoms with Gasteiger partial charge in [0, 0.05) is 22.8 Å². The van der Waals surface area contributed by atoms with E-state index in [1.54, 1.807) is 6.92 Å². The topological polar surface area (TPSA) is 59.8 Å². The number of ether oxygens (including phenoxy) is 1. The molecule has 0 bridgehead atoms. The summed E-state index contributed by atoms with van der Waals surface area (Å²) < 4.78 is 5.26. The number of carbonyl (C=O) groups excluding carboxylic acids is 2. The van der Waals surface area contributed by atoms with E-state index >= 15 is 0 Å². The number of amides is 1. The summed E-state index contributed by atoms with van der Waals surface area (Å²) in [7, 11) is 0. The lowest BCUT2D eigenvalue weighted by atomic mass is 9.92. The molecular weight excluding hydrogens is 372 g/mol. The summed E-state index contributed by atoms with van der Waals surface area (Å²) in [6.45, 7) is 9.03. The highest BCUT2D eigenvalue weighted by Gasteiger charge is 2.28. The SMILES string of the molecule is CCOC(=O)c1c(-c2ccccc2)csc1NC(=O)C[NH+]1C[C@@H](C)C[C@H](C)C1. The molecule has 2 atom stereocenters. The molecule has 0 spiro atoms. The Morgan fingerprint density at radius 3 is 2.50 bits per heavy atom. The normalized spacial score (nSPS) is 21.9. The van der Waals surface area contributed by atoms with Crippen molar-refractivity contribution in [3.05, 3.63) is 41.3 Å². The van der Waals surface area contributed by atoms with Gasteiger partial charge in [-0.2, -0.15) is 0 Å². The van der Waals surface area contributed by atoms with Crippen molar-refractivity contribution in [3.63, 3.8) is 0 Å². The molecular formula is C22H29N2O3S+. The molecule has 1 aliphatic heterocycles. The Bertz CT molecular complexity index is 808. The van der Waals surface area contributed by atoms with E-state index in [1.165, 1.54) is 22.7 Å². The quantitative estimate of drug-likeness (QED) is 0.732. The highest BCUT2D eigenvalue weighted by Crippen LogP contribution is 2.36. The molecule has 28 heavy (non-hydrogen) atoms. The number of likely N-dealkylation sites (tertiary alicyclic amines) is 1. The fraction of sp³-hybridized carbons (Fsp3) is 0.455. The van der Waals surface area contributed by atoms with Gasteiger partial charge in [-0.3, -0.25) is 4.79 Å². The molecule has 0 radical (unpaired) electrons. The number of benzene rings is 1. The molecule has 6 heteroatoms. The predicted octanol–water partition coefficient (Wildman–Crippen LogP) is 3.09. The fourth-order valence-corrected chi connectivity index (χ4v) is 5.12. The molecule has 2 aromatic rings. The summed E-state index contributed by atoms with van der Waals surface area (Å²) in [4.78, 5) is 26.6. The summed E-state index contributed by atoms with van der Waals surface area (Å²) in [6, 6.07) is 9.71. The second-order valence-electron chi connectivity index (χ2n) is 7.77. The number of piperidine rings is 1. The molecule has 0 unspecified atom stereocenters. The lowest BCUT2D eigenvalue weighted by Gasteiger charge is -2.31. The Kier molecular flexibility index (Phi) is 6.86. The molecule has 3 rings (SSSR count). The van der Waals surface area contributed by atoms with Crippen molar-refractivity contribution < 1.29 is 19.2 Å². The molecule has 2 heterocycles. The Balaban J connectivity index is 1.78. The van der Waals surface area contributed by atoms with Crippen molar-refractivity contribution in [1.29, 1.82) is 0 Å². The number of nitrogens with one attached hydrogen (secondary N) is 2. The zero-order chi connectivity index (χ0) is 20.1. The maximum atomic E-state index is 12.7. The molecule has 0 saturated carbocycles. The van der Waals surface area contributed by atoms with E-state index in [-0.39, 0.29) is 5.91 Å². The third-order valence-electron chi connectivity index (χ3n) is 5.10. The van der Waals surface area contributed by atoms with Gasteiger partial charge in [0.05, 0.1) is 19.7 Å². The van der Waals surface area contributed by atoms with Gasteiger partial charge in [0.25, 0.3) is 5.91 Å². The monoisotopic (exact) mass is 401 g/mol. The second kappa shape index (κ2) is 9.34. The molecule has 1 fully saturated rings. The number of anilines is 1. The third kappa shape index (κ3) is 5.00. The Morgan fingerprint density at radius 2 is 1.86 bits per heavy atom. The molecule has 1 aromatic heterocycles. The summed E-state index contributed by atoms with van der Waals surface area (Å²) >= 11 is 1.37. The lowest BCUT2D eigenvalue weighted by molar-refractivity contribution is -0.904. The van der Waals surface area contributed by atoms with Gasteiger partial charge in [-0.15, -0.1) is 11.3 Å². The van der Waals surface area contributed by atoms with Gasteiger partial charge in [-0.1, -0.05) is 44.2 Å². The van der Waals surface area contributed by atoms with Crippen molar-refractivity contribution in [2.75, 3.05) is 31.6 Å². The van der Waals surface area contributed by atoms with Crippen molar-refractivity contribution >= 4 is 28.2 Å². The van der Waals surface area contributed by atoms with Gasteiger partial charge >= 0.3 is 5.97 Å². The van der Waals surface area contributed by atoms with Crippen LogP contribution in [0.3, 0.4) is 0 Å². The highest BCUT2D eigenvalue weighted by atomic mass is 32.1. The number of hydrogen-bond acceptors (Lipinski definition) is 4. The number of esters is 1. The van der Waals surface area contributed by atoms with Crippen LogP contribution in [0.2, 0.25) is 0 Å². The Morgan fingerprint density at radius 1 is 1.18 bits per heavy atom. The van der Waals surface area contributed by atoms with Crippen LogP contribution in [0, 0.1) is 11.8 Å². The average molecular weight is 402 g/mol. The minimum atomic E-state index is -0.398. The maximum Gasteiger partial charge on any atom is 0.341 e. The number of hydrogen-bond donors (Lipinski definition) is 2. The van der Waals surface area contributed by atoms with E-state index in [1.807, 2.05) is 35.7 Å². The highest BCUT2D eigenvalue weighted by molar-refractivity contribution is 7.15. The van der Waals surface area contributed by atoms with Crippen LogP contribution in [-0.4, -0.2) is 38.1 Å². The first kappa shape index (κ1) is 20.6. The van der Waals surface area contributed by atoms with Crippen LogP contribution in [-0.2, 0) is 9.53 Å². The van der Waals surface area contributed by atoms with Crippen molar-refractivity contribution in [2.45, 2.75) is 27.2 Å². The van der Waals surface area contributed by atoms with Crippen LogP contribution in [0.25, 0.3) is 11.1 Å². The van der Waals surface area contributed by atoms with Crippen molar-refractivity contribution in [1.82, 2.24) is 0 Å². The summed E-state index contributed by atoms with van der Waals surface area (Å²) in [5, 5.41) is 5.46. The largest absolute Gasteiger partial charge is 0.462 e. The summed E-state index contributed by atoms with van der Waals surface area (Å²) in [5.41, 5.74) is 2.18. The Labute approximate surface area is 170 Å². The Hall–Kier alpha value is -2.18. The molecule has 0 aliphatic carbocycles. The van der Waals surface area contributed by atoms with Gasteiger partial charge in [-0.25, -0.2) is 4.79 Å². The van der Waals surface area contributed by atoms with Crippen LogP contribution in [0.5, 0.6) is 0 Å². The molecule has 1 amide bonds. The first-order chi connectivity index (χ1) is 13.5. The number of rotatable bonds is 6. The molecule has 1 aromatic carbocycles. The van der Waals surface area contributed by atoms with E-state index in [2.05, 4.69) is 19.2 Å². The number of quaternary nitrogens is 1. The lowest BCUT2D eigenvalue weighted by Crippen LogP contribution is -3.15. The van der Waals surface area contributed by atoms with Crippen LogP contribution < -0.4 is 10.2 Å². The van der Waals surface area contributed by atoms with Gasteiger partial charge < -0.3 is 15.0 Å². The van der Waals surface area contributed by atoms with Gasteiger partial charge in [-0.05, 0) is 18.9 Å². The van der Waals surface area contributed by atoms with Crippen molar-refractivity contribution in [2.24, 2.45) is 11.8 Å². The number of carbonyl (C=O) groups is 2. The number of thiophene rings is 1. The van der Waals surface area contributed by atoms with E-state index in [9.17, 15) is 9.59 Å². The zero-order valence-electron chi connectivity index (χ0n) is 16.8. The van der Waals surface area contributed by atoms with Gasteiger partial charge in [0.2, 0.25) is 0 Å². The van der Waals surface area contributed by atoms with Crippen LogP contribution in [0.1, 0.15) is 37.6 Å². The van der Waals surface area contributed by atoms with Crippen LogP contribution in [0.4, 0.5) is 5.00 Å². The second-order valence-corrected chi connectivity index (χ2v) is 8.65. The predicted molar refractivity (Wildman–Crippen MR) is 113 cm³/mol. The van der Waals surface area contributed by atoms with E-state index < -0.39 is 5.97 Å². The van der Waals surface area contributed by atoms with Crippen LogP contribution >= 0.6 is 11.3 Å². The standard InChI is InChI=1S/C22H28N2O3S/c1-4-27-22(26)20-18(17-8-6-5-7-9-17)14-28-21(20)23-19(25)13-24-11-15(2)10-16(3)12-24/h5-9,14-16H,4,10-13H2,1-3H3,(H,23,25)/p+1/t15-,16-/m0/s1. The van der Waals surface area contributed by atoms with Crippen molar-refractivity contribution in [3.8, 4) is 11.1 Å². The average Bonchev–Trinajstić information content (AvgIpc) is 3.05. The third-order valence-corrected chi connectivity index (χ3v) is 5.99. The van der Waals surface area contributed by atoms with E-state index in [4.69, 9.17) is 4.74 Å². The van der Waals surface area contributed by atoms with Crippen LogP contribution in [0.15, 0.2) is 35.7 Å². The molecule has 5 nitrogen and oxygen atoms in total. The molecule has 1 aliphatic rings. The molecule has 1 saturated heterocycles.